The summed E-state index contributed by atoms with van der Waals surface area (Å²) in [5.74, 6) is 0.598. The summed E-state index contributed by atoms with van der Waals surface area (Å²) in [5, 5.41) is 0. The molecule has 0 N–H and O–H groups in total. The highest BCUT2D eigenvalue weighted by molar-refractivity contribution is 7.41. The first-order chi connectivity index (χ1) is 12.7. The molecule has 27 heavy (non-hydrogen) atoms. The van der Waals surface area contributed by atoms with Crippen LogP contribution >= 0.6 is 8.69 Å². The van der Waals surface area contributed by atoms with Crippen LogP contribution in [-0.4, -0.2) is 6.10 Å². The number of rotatable bonds is 13. The maximum absolute atomic E-state index is 14.4. The molecule has 156 valence electrons. The summed E-state index contributed by atoms with van der Waals surface area (Å²) in [7, 11) is -2.40. The van der Waals surface area contributed by atoms with Crippen LogP contribution in [0.2, 0.25) is 0 Å². The molecule has 0 spiro atoms. The van der Waals surface area contributed by atoms with Gasteiger partial charge in [0, 0.05) is 5.56 Å². The topological polar surface area (TPSA) is 18.5 Å². The van der Waals surface area contributed by atoms with Crippen molar-refractivity contribution in [1.29, 1.82) is 0 Å². The van der Waals surface area contributed by atoms with Crippen LogP contribution in [0.3, 0.4) is 0 Å². The first-order valence-corrected chi connectivity index (χ1v) is 11.7. The van der Waals surface area contributed by atoms with Crippen LogP contribution < -0.4 is 4.52 Å². The van der Waals surface area contributed by atoms with E-state index in [9.17, 15) is 4.20 Å². The number of benzene rings is 1. The third-order valence-electron chi connectivity index (χ3n) is 4.84. The second-order valence-corrected chi connectivity index (χ2v) is 9.55. The van der Waals surface area contributed by atoms with E-state index in [-0.39, 0.29) is 11.5 Å². The molecule has 0 bridgehead atoms. The van der Waals surface area contributed by atoms with Crippen molar-refractivity contribution < 1.29 is 13.2 Å². The van der Waals surface area contributed by atoms with Crippen LogP contribution in [0, 0.1) is 6.92 Å². The summed E-state index contributed by atoms with van der Waals surface area (Å²) in [6, 6.07) is 5.89. The van der Waals surface area contributed by atoms with Crippen LogP contribution in [0.1, 0.15) is 104 Å². The lowest BCUT2D eigenvalue weighted by Crippen LogP contribution is -2.13. The summed E-state index contributed by atoms with van der Waals surface area (Å²) in [6.07, 6.45) is 11.0. The van der Waals surface area contributed by atoms with Crippen molar-refractivity contribution in [1.82, 2.24) is 0 Å². The molecule has 0 radical (unpaired) electrons. The molecule has 2 unspecified atom stereocenters. The Labute approximate surface area is 168 Å². The van der Waals surface area contributed by atoms with Gasteiger partial charge < -0.3 is 4.52 Å². The lowest BCUT2D eigenvalue weighted by molar-refractivity contribution is 0.192. The van der Waals surface area contributed by atoms with E-state index in [2.05, 4.69) is 33.8 Å². The number of hydrogen-bond donors (Lipinski definition) is 0. The number of hydrogen-bond acceptors (Lipinski definition) is 2. The van der Waals surface area contributed by atoms with Crippen LogP contribution in [-0.2, 0) is 9.94 Å². The molecule has 1 aromatic rings. The fraction of sp³-hybridized carbons (Fsp3) is 0.739. The standard InChI is InChI=1S/C23H40FO2P/c1-7-8-9-10-11-12-13-14-15-20(3)25-27(24)26-22-17-16-19(2)18-21(22)23(4,5)6/h16-18,20H,7-15H2,1-6H3. The molecule has 0 aromatic heterocycles. The highest BCUT2D eigenvalue weighted by Gasteiger charge is 2.23. The molecule has 0 fully saturated rings. The van der Waals surface area contributed by atoms with E-state index in [1.165, 1.54) is 44.9 Å². The largest absolute Gasteiger partial charge is 0.439 e. The van der Waals surface area contributed by atoms with Crippen molar-refractivity contribution in [3.63, 3.8) is 0 Å². The summed E-state index contributed by atoms with van der Waals surface area (Å²) in [6.45, 7) is 12.6. The van der Waals surface area contributed by atoms with Crippen molar-refractivity contribution in [2.45, 2.75) is 111 Å². The molecule has 0 saturated heterocycles. The van der Waals surface area contributed by atoms with Gasteiger partial charge in [-0.2, -0.15) is 0 Å². The molecular weight excluding hydrogens is 358 g/mol. The minimum absolute atomic E-state index is 0.0970. The predicted octanol–water partition coefficient (Wildman–Crippen LogP) is 8.80. The summed E-state index contributed by atoms with van der Waals surface area (Å²) in [4.78, 5) is 0. The molecule has 1 aromatic carbocycles. The molecule has 2 atom stereocenters. The highest BCUT2D eigenvalue weighted by atomic mass is 31.2. The third-order valence-corrected chi connectivity index (χ3v) is 5.71. The Morgan fingerprint density at radius 1 is 1.00 bits per heavy atom. The van der Waals surface area contributed by atoms with Gasteiger partial charge in [0.15, 0.2) is 0 Å². The molecule has 0 amide bonds. The molecule has 2 nitrogen and oxygen atoms in total. The monoisotopic (exact) mass is 398 g/mol. The minimum Gasteiger partial charge on any atom is -0.423 e. The fourth-order valence-electron chi connectivity index (χ4n) is 3.17. The van der Waals surface area contributed by atoms with E-state index in [0.29, 0.717) is 5.75 Å². The van der Waals surface area contributed by atoms with Gasteiger partial charge in [-0.05, 0) is 31.7 Å². The van der Waals surface area contributed by atoms with Crippen LogP contribution in [0.4, 0.5) is 4.20 Å². The molecule has 1 rings (SSSR count). The number of unbranched alkanes of at least 4 members (excludes halogenated alkanes) is 7. The van der Waals surface area contributed by atoms with E-state index >= 15 is 0 Å². The summed E-state index contributed by atoms with van der Waals surface area (Å²) in [5.41, 5.74) is 2.08. The van der Waals surface area contributed by atoms with Crippen LogP contribution in [0.15, 0.2) is 18.2 Å². The second-order valence-electron chi connectivity index (χ2n) is 8.73. The molecule has 0 heterocycles. The average Bonchev–Trinajstić information content (AvgIpc) is 2.58. The van der Waals surface area contributed by atoms with Gasteiger partial charge in [-0.3, -0.25) is 4.52 Å². The Morgan fingerprint density at radius 3 is 2.19 bits per heavy atom. The second kappa shape index (κ2) is 12.7. The molecule has 0 aliphatic heterocycles. The minimum atomic E-state index is -2.40. The molecule has 0 saturated carbocycles. The quantitative estimate of drug-likeness (QED) is 0.244. The number of aryl methyl sites for hydroxylation is 1. The Balaban J connectivity index is 2.33. The molecular formula is C23H40FO2P. The summed E-state index contributed by atoms with van der Waals surface area (Å²) < 4.78 is 25.4. The van der Waals surface area contributed by atoms with Gasteiger partial charge in [-0.1, -0.05) is 96.8 Å². The lowest BCUT2D eigenvalue weighted by Gasteiger charge is -2.24. The predicted molar refractivity (Wildman–Crippen MR) is 116 cm³/mol. The molecule has 0 aliphatic rings. The van der Waals surface area contributed by atoms with Crippen LogP contribution in [0.25, 0.3) is 0 Å². The smallest absolute Gasteiger partial charge is 0.423 e. The van der Waals surface area contributed by atoms with E-state index in [1.54, 1.807) is 0 Å². The number of halogens is 1. The van der Waals surface area contributed by atoms with Gasteiger partial charge in [0.05, 0.1) is 6.10 Å². The fourth-order valence-corrected chi connectivity index (χ4v) is 3.91. The van der Waals surface area contributed by atoms with E-state index in [0.717, 1.165) is 24.0 Å². The maximum atomic E-state index is 14.4. The zero-order chi connectivity index (χ0) is 20.3. The zero-order valence-electron chi connectivity index (χ0n) is 18.3. The van der Waals surface area contributed by atoms with Gasteiger partial charge in [0.2, 0.25) is 0 Å². The Hall–Kier alpha value is -0.660. The van der Waals surface area contributed by atoms with Crippen LogP contribution in [0.5, 0.6) is 5.75 Å². The van der Waals surface area contributed by atoms with Gasteiger partial charge >= 0.3 is 8.69 Å². The highest BCUT2D eigenvalue weighted by Crippen LogP contribution is 2.45. The normalized spacial score (nSPS) is 14.2. The third kappa shape index (κ3) is 10.5. The van der Waals surface area contributed by atoms with Gasteiger partial charge in [0.25, 0.3) is 0 Å². The lowest BCUT2D eigenvalue weighted by atomic mass is 9.85. The first kappa shape index (κ1) is 24.4. The summed E-state index contributed by atoms with van der Waals surface area (Å²) >= 11 is 0. The van der Waals surface area contributed by atoms with Gasteiger partial charge in [-0.25, -0.2) is 0 Å². The molecule has 4 heteroatoms. The first-order valence-electron chi connectivity index (χ1n) is 10.7. The van der Waals surface area contributed by atoms with Gasteiger partial charge in [0.1, 0.15) is 5.75 Å². The average molecular weight is 399 g/mol. The van der Waals surface area contributed by atoms with E-state index in [1.807, 2.05) is 26.0 Å². The zero-order valence-corrected chi connectivity index (χ0v) is 19.2. The Kier molecular flexibility index (Phi) is 11.5. The van der Waals surface area contributed by atoms with Crippen molar-refractivity contribution >= 4 is 8.69 Å². The molecule has 0 aliphatic carbocycles. The van der Waals surface area contributed by atoms with Crippen molar-refractivity contribution in [2.75, 3.05) is 0 Å². The van der Waals surface area contributed by atoms with E-state index < -0.39 is 8.69 Å². The Bertz CT molecular complexity index is 528. The SMILES string of the molecule is CCCCCCCCCCC(C)OP(F)Oc1ccc(C)cc1C(C)(C)C. The van der Waals surface area contributed by atoms with Crippen molar-refractivity contribution in [2.24, 2.45) is 0 Å². The van der Waals surface area contributed by atoms with Gasteiger partial charge in [-0.15, -0.1) is 4.20 Å². The maximum Gasteiger partial charge on any atom is 0.439 e. The van der Waals surface area contributed by atoms with Crippen molar-refractivity contribution in [3.8, 4) is 5.75 Å². The van der Waals surface area contributed by atoms with Crippen molar-refractivity contribution in [3.05, 3.63) is 29.3 Å². The Morgan fingerprint density at radius 2 is 1.59 bits per heavy atom. The van der Waals surface area contributed by atoms with E-state index in [4.69, 9.17) is 9.05 Å².